The van der Waals surface area contributed by atoms with Crippen LogP contribution in [-0.4, -0.2) is 45.9 Å². The molecule has 13 heteroatoms. The average Bonchev–Trinajstić information content (AvgIpc) is 3.59. The standard InChI is InChI=1S/C29H31N11O2/c1-28(2,3)23-22(34-35-24-19(16-30)17-32-39(24)21-10-8-9-15-31-21)26-38(7)25(37-40(26)36-23)18-11-13-20(14-12-18)33-27(41)42-29(4,5)6/h8-15,17H,1-7H3,(H,33,41)/b35-34+. The lowest BCUT2D eigenvalue weighted by atomic mass is 9.91. The fourth-order valence-electron chi connectivity index (χ4n) is 4.24. The maximum absolute atomic E-state index is 12.2. The molecule has 0 fully saturated rings. The van der Waals surface area contributed by atoms with Gasteiger partial charge < -0.3 is 9.30 Å². The number of aromatic nitrogens is 7. The Morgan fingerprint density at radius 2 is 1.76 bits per heavy atom. The van der Waals surface area contributed by atoms with Gasteiger partial charge in [-0.05, 0) is 57.2 Å². The molecule has 1 aromatic carbocycles. The maximum atomic E-state index is 12.2. The van der Waals surface area contributed by atoms with Gasteiger partial charge in [0, 0.05) is 29.9 Å². The number of ether oxygens (including phenoxy) is 1. The van der Waals surface area contributed by atoms with E-state index in [9.17, 15) is 10.1 Å². The van der Waals surface area contributed by atoms with E-state index in [1.54, 1.807) is 35.1 Å². The molecule has 1 N–H and O–H groups in total. The Morgan fingerprint density at radius 3 is 2.38 bits per heavy atom. The minimum Gasteiger partial charge on any atom is -0.444 e. The highest BCUT2D eigenvalue weighted by molar-refractivity contribution is 5.85. The molecule has 1 amide bonds. The molecule has 0 aliphatic carbocycles. The second-order valence-electron chi connectivity index (χ2n) is 11.6. The van der Waals surface area contributed by atoms with Crippen LogP contribution >= 0.6 is 0 Å². The summed E-state index contributed by atoms with van der Waals surface area (Å²) in [5.74, 6) is 1.40. The third-order valence-electron chi connectivity index (χ3n) is 6.12. The van der Waals surface area contributed by atoms with Gasteiger partial charge in [0.15, 0.2) is 28.8 Å². The summed E-state index contributed by atoms with van der Waals surface area (Å²) in [7, 11) is 1.87. The monoisotopic (exact) mass is 565 g/mol. The van der Waals surface area contributed by atoms with Crippen molar-refractivity contribution in [3.05, 3.63) is 66.1 Å². The molecule has 13 nitrogen and oxygen atoms in total. The van der Waals surface area contributed by atoms with Crippen molar-refractivity contribution in [3.8, 4) is 23.3 Å². The van der Waals surface area contributed by atoms with E-state index >= 15 is 0 Å². The first-order valence-corrected chi connectivity index (χ1v) is 13.2. The summed E-state index contributed by atoms with van der Waals surface area (Å²) in [4.78, 5) is 16.5. The molecule has 5 rings (SSSR count). The number of amides is 1. The van der Waals surface area contributed by atoms with E-state index in [1.165, 1.54) is 10.9 Å². The normalized spacial score (nSPS) is 12.1. The lowest BCUT2D eigenvalue weighted by Crippen LogP contribution is -2.27. The zero-order valence-electron chi connectivity index (χ0n) is 24.5. The van der Waals surface area contributed by atoms with Crippen LogP contribution in [0.2, 0.25) is 0 Å². The van der Waals surface area contributed by atoms with Crippen LogP contribution in [0, 0.1) is 11.3 Å². The summed E-state index contributed by atoms with van der Waals surface area (Å²) >= 11 is 0. The second-order valence-corrected chi connectivity index (χ2v) is 11.6. The predicted octanol–water partition coefficient (Wildman–Crippen LogP) is 6.25. The Bertz CT molecular complexity index is 1830. The smallest absolute Gasteiger partial charge is 0.412 e. The number of pyridine rings is 1. The molecular weight excluding hydrogens is 534 g/mol. The van der Waals surface area contributed by atoms with Crippen LogP contribution in [0.3, 0.4) is 0 Å². The van der Waals surface area contributed by atoms with E-state index < -0.39 is 11.7 Å². The minimum absolute atomic E-state index is 0.255. The van der Waals surface area contributed by atoms with Crippen molar-refractivity contribution in [1.82, 2.24) is 34.2 Å². The third kappa shape index (κ3) is 5.60. The second kappa shape index (κ2) is 10.5. The largest absolute Gasteiger partial charge is 0.444 e. The van der Waals surface area contributed by atoms with Gasteiger partial charge in [0.2, 0.25) is 0 Å². The van der Waals surface area contributed by atoms with Gasteiger partial charge in [-0.25, -0.2) is 9.78 Å². The van der Waals surface area contributed by atoms with E-state index in [0.29, 0.717) is 34.4 Å². The summed E-state index contributed by atoms with van der Waals surface area (Å²) in [6, 6.07) is 14.8. The molecule has 4 aromatic heterocycles. The molecule has 42 heavy (non-hydrogen) atoms. The highest BCUT2D eigenvalue weighted by Crippen LogP contribution is 2.37. The molecule has 0 saturated carbocycles. The number of hydrogen-bond acceptors (Lipinski definition) is 9. The molecule has 0 spiro atoms. The van der Waals surface area contributed by atoms with Gasteiger partial charge in [0.05, 0.1) is 11.9 Å². The lowest BCUT2D eigenvalue weighted by Gasteiger charge is -2.19. The number of anilines is 1. The number of nitrogens with zero attached hydrogens (tertiary/aromatic N) is 10. The number of nitrogens with one attached hydrogen (secondary N) is 1. The lowest BCUT2D eigenvalue weighted by molar-refractivity contribution is 0.0636. The summed E-state index contributed by atoms with van der Waals surface area (Å²) in [5, 5.41) is 35.3. The van der Waals surface area contributed by atoms with E-state index in [2.05, 4.69) is 31.7 Å². The summed E-state index contributed by atoms with van der Waals surface area (Å²) in [6.07, 6.45) is 2.55. The zero-order valence-corrected chi connectivity index (χ0v) is 24.5. The number of benzene rings is 1. The Labute approximate surface area is 242 Å². The van der Waals surface area contributed by atoms with E-state index in [0.717, 1.165) is 5.56 Å². The van der Waals surface area contributed by atoms with Gasteiger partial charge in [0.1, 0.15) is 17.2 Å². The fraction of sp³-hybridized carbons (Fsp3) is 0.310. The molecule has 0 atom stereocenters. The molecule has 4 heterocycles. The molecular formula is C29H31N11O2. The van der Waals surface area contributed by atoms with E-state index in [-0.39, 0.29) is 16.8 Å². The Hall–Kier alpha value is -5.38. The van der Waals surface area contributed by atoms with E-state index in [4.69, 9.17) is 14.9 Å². The predicted molar refractivity (Wildman–Crippen MR) is 156 cm³/mol. The fourth-order valence-corrected chi connectivity index (χ4v) is 4.24. The highest BCUT2D eigenvalue weighted by Gasteiger charge is 2.28. The topological polar surface area (TPSA) is 153 Å². The molecule has 0 saturated heterocycles. The average molecular weight is 566 g/mol. The molecule has 0 radical (unpaired) electrons. The first-order chi connectivity index (χ1) is 19.9. The highest BCUT2D eigenvalue weighted by atomic mass is 16.6. The van der Waals surface area contributed by atoms with Crippen molar-refractivity contribution in [2.45, 2.75) is 52.6 Å². The van der Waals surface area contributed by atoms with Crippen molar-refractivity contribution in [3.63, 3.8) is 0 Å². The van der Waals surface area contributed by atoms with Crippen LogP contribution < -0.4 is 5.32 Å². The SMILES string of the molecule is Cn1c(-c2ccc(NC(=O)OC(C)(C)C)cc2)nn2nc(C(C)(C)C)c(/N=N/c3c(C#N)cnn3-c3ccccn3)c12. The van der Waals surface area contributed by atoms with Crippen molar-refractivity contribution >= 4 is 28.9 Å². The number of nitriles is 1. The van der Waals surface area contributed by atoms with Gasteiger partial charge in [-0.15, -0.1) is 20.0 Å². The first-order valence-electron chi connectivity index (χ1n) is 13.2. The number of rotatable bonds is 5. The van der Waals surface area contributed by atoms with Crippen molar-refractivity contribution < 1.29 is 9.53 Å². The van der Waals surface area contributed by atoms with Gasteiger partial charge in [-0.2, -0.15) is 20.1 Å². The molecule has 0 unspecified atom stereocenters. The van der Waals surface area contributed by atoms with Crippen LogP contribution in [0.1, 0.15) is 52.8 Å². The Morgan fingerprint density at radius 1 is 1.02 bits per heavy atom. The Kier molecular flexibility index (Phi) is 7.07. The number of azo groups is 1. The molecule has 0 aliphatic heterocycles. The molecule has 0 aliphatic rings. The summed E-state index contributed by atoms with van der Waals surface area (Å²) in [5.41, 5.74) is 2.51. The molecule has 214 valence electrons. The van der Waals surface area contributed by atoms with Gasteiger partial charge in [-0.1, -0.05) is 26.8 Å². The maximum Gasteiger partial charge on any atom is 0.412 e. The van der Waals surface area contributed by atoms with Crippen LogP contribution in [0.25, 0.3) is 22.9 Å². The number of carbonyl (C=O) groups is 1. The van der Waals surface area contributed by atoms with Gasteiger partial charge in [-0.3, -0.25) is 5.32 Å². The number of carbonyl (C=O) groups excluding carboxylic acids is 1. The quantitative estimate of drug-likeness (QED) is 0.247. The van der Waals surface area contributed by atoms with Gasteiger partial charge >= 0.3 is 6.09 Å². The number of fused-ring (bicyclic) bond motifs is 1. The minimum atomic E-state index is -0.596. The van der Waals surface area contributed by atoms with Crippen molar-refractivity contribution in [2.75, 3.05) is 5.32 Å². The van der Waals surface area contributed by atoms with Crippen LogP contribution in [-0.2, 0) is 17.2 Å². The first kappa shape index (κ1) is 28.2. The Balaban J connectivity index is 1.54. The summed E-state index contributed by atoms with van der Waals surface area (Å²) in [6.45, 7) is 11.5. The van der Waals surface area contributed by atoms with E-state index in [1.807, 2.05) is 71.4 Å². The van der Waals surface area contributed by atoms with Gasteiger partial charge in [0.25, 0.3) is 0 Å². The van der Waals surface area contributed by atoms with Crippen molar-refractivity contribution in [2.24, 2.45) is 17.3 Å². The molecule has 0 bridgehead atoms. The van der Waals surface area contributed by atoms with Crippen LogP contribution in [0.4, 0.5) is 22.0 Å². The third-order valence-corrected chi connectivity index (χ3v) is 6.12. The number of aryl methyl sites for hydroxylation is 1. The van der Waals surface area contributed by atoms with Crippen molar-refractivity contribution in [1.29, 1.82) is 5.26 Å². The molecule has 5 aromatic rings. The summed E-state index contributed by atoms with van der Waals surface area (Å²) < 4.78 is 10.2. The zero-order chi connectivity index (χ0) is 30.2. The van der Waals surface area contributed by atoms with Crippen LogP contribution in [0.15, 0.2) is 65.1 Å². The van der Waals surface area contributed by atoms with Crippen LogP contribution in [0.5, 0.6) is 0 Å². The number of hydrogen-bond donors (Lipinski definition) is 1.